The second kappa shape index (κ2) is 4.98. The van der Waals surface area contributed by atoms with Gasteiger partial charge in [-0.15, -0.1) is 0 Å². The number of likely N-dealkylation sites (tertiary alicyclic amines) is 1. The number of halogens is 1. The van der Waals surface area contributed by atoms with E-state index in [-0.39, 0.29) is 17.6 Å². The third kappa shape index (κ3) is 2.28. The van der Waals surface area contributed by atoms with Gasteiger partial charge < -0.3 is 15.2 Å². The number of nitrogens with zero attached hydrogens (tertiary/aromatic N) is 1. The van der Waals surface area contributed by atoms with E-state index in [9.17, 15) is 4.39 Å². The first-order valence-corrected chi connectivity index (χ1v) is 6.68. The van der Waals surface area contributed by atoms with Gasteiger partial charge in [0, 0.05) is 12.6 Å². The van der Waals surface area contributed by atoms with Crippen LogP contribution in [0.25, 0.3) is 0 Å². The number of benzene rings is 1. The van der Waals surface area contributed by atoms with Crippen molar-refractivity contribution in [3.8, 4) is 11.5 Å². The second-order valence-electron chi connectivity index (χ2n) is 5.32. The molecule has 0 aromatic heterocycles. The summed E-state index contributed by atoms with van der Waals surface area (Å²) in [6, 6.07) is 3.67. The van der Waals surface area contributed by atoms with Gasteiger partial charge in [-0.3, -0.25) is 4.90 Å². The third-order valence-corrected chi connectivity index (χ3v) is 3.97. The Morgan fingerprint density at radius 2 is 2.16 bits per heavy atom. The molecule has 2 atom stereocenters. The van der Waals surface area contributed by atoms with Gasteiger partial charge in [-0.25, -0.2) is 4.39 Å². The van der Waals surface area contributed by atoms with Crippen LogP contribution in [0.2, 0.25) is 0 Å². The van der Waals surface area contributed by atoms with Crippen molar-refractivity contribution in [3.63, 3.8) is 0 Å². The van der Waals surface area contributed by atoms with Crippen LogP contribution in [0.15, 0.2) is 12.1 Å². The smallest absolute Gasteiger partial charge is 0.197 e. The number of rotatable bonds is 2. The average molecular weight is 266 g/mol. The molecule has 0 amide bonds. The lowest BCUT2D eigenvalue weighted by molar-refractivity contribution is 0.163. The first kappa shape index (κ1) is 12.7. The standard InChI is InChI=1S/C14H19FN2O2/c1-17-8-9(7-16)4-12(17)10-5-11(15)14-13(6-10)18-2-3-19-14/h5-6,9,12H,2-4,7-8,16H2,1H3. The molecular formula is C14H19FN2O2. The Morgan fingerprint density at radius 1 is 1.37 bits per heavy atom. The van der Waals surface area contributed by atoms with E-state index in [4.69, 9.17) is 15.2 Å². The maximum atomic E-state index is 14.0. The highest BCUT2D eigenvalue weighted by Crippen LogP contribution is 2.40. The molecule has 2 heterocycles. The molecule has 0 spiro atoms. The van der Waals surface area contributed by atoms with Crippen LogP contribution in [0.3, 0.4) is 0 Å². The molecule has 3 rings (SSSR count). The summed E-state index contributed by atoms with van der Waals surface area (Å²) in [5.41, 5.74) is 6.68. The molecule has 1 aromatic rings. The monoisotopic (exact) mass is 266 g/mol. The van der Waals surface area contributed by atoms with Crippen molar-refractivity contribution >= 4 is 0 Å². The zero-order chi connectivity index (χ0) is 13.4. The van der Waals surface area contributed by atoms with Crippen LogP contribution in [0, 0.1) is 11.7 Å². The minimum atomic E-state index is -0.336. The highest BCUT2D eigenvalue weighted by Gasteiger charge is 2.31. The van der Waals surface area contributed by atoms with Crippen molar-refractivity contribution < 1.29 is 13.9 Å². The van der Waals surface area contributed by atoms with Crippen molar-refractivity contribution in [2.45, 2.75) is 12.5 Å². The van der Waals surface area contributed by atoms with Crippen LogP contribution in [-0.4, -0.2) is 38.3 Å². The minimum absolute atomic E-state index is 0.207. The Balaban J connectivity index is 1.91. The van der Waals surface area contributed by atoms with E-state index in [1.54, 1.807) is 6.07 Å². The van der Waals surface area contributed by atoms with E-state index in [1.165, 1.54) is 0 Å². The Hall–Kier alpha value is -1.33. The number of nitrogens with two attached hydrogens (primary N) is 1. The van der Waals surface area contributed by atoms with Gasteiger partial charge >= 0.3 is 0 Å². The Kier molecular flexibility index (Phi) is 3.33. The van der Waals surface area contributed by atoms with Crippen LogP contribution < -0.4 is 15.2 Å². The van der Waals surface area contributed by atoms with E-state index in [0.717, 1.165) is 18.5 Å². The van der Waals surface area contributed by atoms with E-state index >= 15 is 0 Å². The number of hydrogen-bond donors (Lipinski definition) is 1. The summed E-state index contributed by atoms with van der Waals surface area (Å²) in [4.78, 5) is 2.22. The molecule has 1 aromatic carbocycles. The van der Waals surface area contributed by atoms with E-state index in [2.05, 4.69) is 11.9 Å². The van der Waals surface area contributed by atoms with Gasteiger partial charge in [-0.1, -0.05) is 0 Å². The number of ether oxygens (including phenoxy) is 2. The van der Waals surface area contributed by atoms with Crippen LogP contribution in [0.5, 0.6) is 11.5 Å². The highest BCUT2D eigenvalue weighted by atomic mass is 19.1. The lowest BCUT2D eigenvalue weighted by atomic mass is 9.99. The quantitative estimate of drug-likeness (QED) is 0.882. The van der Waals surface area contributed by atoms with Crippen molar-refractivity contribution in [3.05, 3.63) is 23.5 Å². The molecular weight excluding hydrogens is 247 g/mol. The molecule has 1 saturated heterocycles. The van der Waals surface area contributed by atoms with Gasteiger partial charge in [0.1, 0.15) is 13.2 Å². The van der Waals surface area contributed by atoms with Gasteiger partial charge in [0.05, 0.1) is 0 Å². The largest absolute Gasteiger partial charge is 0.486 e. The maximum absolute atomic E-state index is 14.0. The van der Waals surface area contributed by atoms with E-state index in [1.807, 2.05) is 6.07 Å². The van der Waals surface area contributed by atoms with Crippen LogP contribution in [-0.2, 0) is 0 Å². The SMILES string of the molecule is CN1CC(CN)CC1c1cc(F)c2c(c1)OCCO2. The maximum Gasteiger partial charge on any atom is 0.197 e. The lowest BCUT2D eigenvalue weighted by Crippen LogP contribution is -2.21. The van der Waals surface area contributed by atoms with Crippen LogP contribution >= 0.6 is 0 Å². The Morgan fingerprint density at radius 3 is 2.89 bits per heavy atom. The summed E-state index contributed by atoms with van der Waals surface area (Å²) in [6.45, 7) is 2.51. The lowest BCUT2D eigenvalue weighted by Gasteiger charge is -2.24. The molecule has 104 valence electrons. The fourth-order valence-electron chi connectivity index (χ4n) is 2.99. The highest BCUT2D eigenvalue weighted by molar-refractivity contribution is 5.46. The van der Waals surface area contributed by atoms with Gasteiger partial charge in [-0.05, 0) is 43.6 Å². The van der Waals surface area contributed by atoms with Gasteiger partial charge in [0.2, 0.25) is 0 Å². The number of hydrogen-bond acceptors (Lipinski definition) is 4. The van der Waals surface area contributed by atoms with Crippen molar-refractivity contribution in [1.82, 2.24) is 4.90 Å². The second-order valence-corrected chi connectivity index (χ2v) is 5.32. The molecule has 0 radical (unpaired) electrons. The summed E-state index contributed by atoms with van der Waals surface area (Å²) in [5.74, 6) is 0.903. The first-order valence-electron chi connectivity index (χ1n) is 6.68. The zero-order valence-electron chi connectivity index (χ0n) is 11.1. The summed E-state index contributed by atoms with van der Waals surface area (Å²) >= 11 is 0. The Bertz CT molecular complexity index is 481. The molecule has 2 aliphatic rings. The van der Waals surface area contributed by atoms with Gasteiger partial charge in [0.25, 0.3) is 0 Å². The molecule has 0 saturated carbocycles. The van der Waals surface area contributed by atoms with Crippen LogP contribution in [0.1, 0.15) is 18.0 Å². The molecule has 2 N–H and O–H groups in total. The van der Waals surface area contributed by atoms with E-state index in [0.29, 0.717) is 31.4 Å². The molecule has 2 aliphatic heterocycles. The molecule has 1 fully saturated rings. The number of fused-ring (bicyclic) bond motifs is 1. The molecule has 19 heavy (non-hydrogen) atoms. The fourth-order valence-corrected chi connectivity index (χ4v) is 2.99. The van der Waals surface area contributed by atoms with Gasteiger partial charge in [0.15, 0.2) is 17.3 Å². The average Bonchev–Trinajstić information content (AvgIpc) is 2.80. The fraction of sp³-hybridized carbons (Fsp3) is 0.571. The summed E-state index contributed by atoms with van der Waals surface area (Å²) in [7, 11) is 2.05. The normalized spacial score (nSPS) is 26.7. The predicted octanol–water partition coefficient (Wildman–Crippen LogP) is 1.55. The summed E-state index contributed by atoms with van der Waals surface area (Å²) in [6.07, 6.45) is 0.964. The van der Waals surface area contributed by atoms with Gasteiger partial charge in [-0.2, -0.15) is 0 Å². The zero-order valence-corrected chi connectivity index (χ0v) is 11.1. The predicted molar refractivity (Wildman–Crippen MR) is 69.9 cm³/mol. The molecule has 4 nitrogen and oxygen atoms in total. The molecule has 0 aliphatic carbocycles. The topological polar surface area (TPSA) is 47.7 Å². The summed E-state index contributed by atoms with van der Waals surface area (Å²) in [5, 5.41) is 0. The van der Waals surface area contributed by atoms with Crippen LogP contribution in [0.4, 0.5) is 4.39 Å². The first-order chi connectivity index (χ1) is 9.19. The molecule has 5 heteroatoms. The van der Waals surface area contributed by atoms with Crippen molar-refractivity contribution in [2.24, 2.45) is 11.7 Å². The van der Waals surface area contributed by atoms with Crippen molar-refractivity contribution in [1.29, 1.82) is 0 Å². The minimum Gasteiger partial charge on any atom is -0.486 e. The molecule has 0 bridgehead atoms. The van der Waals surface area contributed by atoms with Crippen molar-refractivity contribution in [2.75, 3.05) is 33.4 Å². The third-order valence-electron chi connectivity index (χ3n) is 3.97. The molecule has 2 unspecified atom stereocenters. The van der Waals surface area contributed by atoms with E-state index < -0.39 is 0 Å². The summed E-state index contributed by atoms with van der Waals surface area (Å²) < 4.78 is 24.8. The Labute approximate surface area is 112 Å².